The van der Waals surface area contributed by atoms with Crippen LogP contribution >= 0.6 is 0 Å². The van der Waals surface area contributed by atoms with Crippen molar-refractivity contribution in [2.75, 3.05) is 102 Å². The topological polar surface area (TPSA) is 191 Å². The van der Waals surface area contributed by atoms with Crippen LogP contribution < -0.4 is 15.1 Å². The fourth-order valence-electron chi connectivity index (χ4n) is 10.0. The summed E-state index contributed by atoms with van der Waals surface area (Å²) < 4.78 is 246. The van der Waals surface area contributed by atoms with Gasteiger partial charge in [-0.2, -0.15) is 79.0 Å². The molecule has 0 aliphatic carbocycles. The van der Waals surface area contributed by atoms with Crippen LogP contribution in [0.1, 0.15) is 52.7 Å². The summed E-state index contributed by atoms with van der Waals surface area (Å²) in [6.07, 6.45) is -44.0. The van der Waals surface area contributed by atoms with Gasteiger partial charge < -0.3 is 54.1 Å². The maximum Gasteiger partial charge on any atom is 0.434 e. The van der Waals surface area contributed by atoms with Gasteiger partial charge in [-0.25, -0.2) is 19.2 Å². The van der Waals surface area contributed by atoms with Crippen LogP contribution in [0.2, 0.25) is 0 Å². The molecule has 35 heteroatoms. The zero-order valence-electron chi connectivity index (χ0n) is 42.9. The van der Waals surface area contributed by atoms with E-state index in [1.165, 1.54) is 15.9 Å². The summed E-state index contributed by atoms with van der Waals surface area (Å²) in [5.74, 6) is -2.44. The van der Waals surface area contributed by atoms with Crippen molar-refractivity contribution in [3.8, 4) is 0 Å². The number of rotatable bonds is 9. The Balaban J connectivity index is 0.000000221. The number of carbonyl (C=O) groups is 5. The van der Waals surface area contributed by atoms with E-state index >= 15 is 0 Å². The lowest BCUT2D eigenvalue weighted by atomic mass is 9.72. The van der Waals surface area contributed by atoms with Crippen LogP contribution in [0.5, 0.6) is 0 Å². The van der Waals surface area contributed by atoms with E-state index in [2.05, 4.69) is 14.8 Å². The lowest BCUT2D eigenvalue weighted by Crippen LogP contribution is -2.60. The minimum atomic E-state index is -5.81. The molecule has 8 rings (SSSR count). The molecular weight excluding hydrogens is 1180 g/mol. The molecule has 3 N–H and O–H groups in total. The zero-order valence-corrected chi connectivity index (χ0v) is 42.9. The fourth-order valence-corrected chi connectivity index (χ4v) is 10.0. The number of nitrogens with one attached hydrogen (secondary N) is 1. The number of hydrogen-bond donors (Lipinski definition) is 3. The summed E-state index contributed by atoms with van der Waals surface area (Å²) in [5.41, 5.74) is -1.26. The van der Waals surface area contributed by atoms with E-state index in [0.29, 0.717) is 37.8 Å². The molecule has 2 unspecified atom stereocenters. The third-order valence-corrected chi connectivity index (χ3v) is 14.6. The molecule has 2 aromatic carbocycles. The summed E-state index contributed by atoms with van der Waals surface area (Å²) >= 11 is 0. The first kappa shape index (κ1) is 65.9. The highest BCUT2D eigenvalue weighted by Gasteiger charge is 2.62. The van der Waals surface area contributed by atoms with E-state index < -0.39 is 96.7 Å². The molecule has 6 fully saturated rings. The van der Waals surface area contributed by atoms with Crippen LogP contribution in [-0.2, 0) is 47.4 Å². The average molecular weight is 1230 g/mol. The van der Waals surface area contributed by atoms with E-state index in [0.717, 1.165) is 53.2 Å². The van der Waals surface area contributed by atoms with Crippen LogP contribution in [0, 0.1) is 10.8 Å². The molecule has 17 nitrogen and oxygen atoms in total. The number of ether oxygens (including phenoxy) is 4. The van der Waals surface area contributed by atoms with E-state index in [-0.39, 0.29) is 113 Å². The summed E-state index contributed by atoms with van der Waals surface area (Å²) in [4.78, 5) is 63.4. The van der Waals surface area contributed by atoms with Gasteiger partial charge in [0, 0.05) is 88.9 Å². The van der Waals surface area contributed by atoms with E-state index in [4.69, 9.17) is 14.6 Å². The molecule has 0 bridgehead atoms. The van der Waals surface area contributed by atoms with Crippen molar-refractivity contribution < 1.29 is 132 Å². The zero-order chi connectivity index (χ0) is 61.9. The number of aliphatic carboxylic acids is 2. The van der Waals surface area contributed by atoms with Gasteiger partial charge in [0.1, 0.15) is 0 Å². The summed E-state index contributed by atoms with van der Waals surface area (Å²) in [6, 6.07) is 5.98. The highest BCUT2D eigenvalue weighted by atomic mass is 19.4. The van der Waals surface area contributed by atoms with Crippen molar-refractivity contribution in [2.45, 2.75) is 93.7 Å². The SMILES string of the molecule is O=C(O)C1CN(c2cc(C(F)(F)F)ccc2CN2CC3(CCN(C(=O)OC(C(F)(F)F)C(F)(F)F)CC3)C2)CCO1.O=C(OC(C(F)(F)F)C(F)(F)F)N1CCC2(CC1)CNC2.O=Cc1ccc(C(F)(F)F)cc1N1CCOC(C(=O)O)C1. The highest BCUT2D eigenvalue weighted by Crippen LogP contribution is 2.44. The van der Waals surface area contributed by atoms with Gasteiger partial charge in [-0.1, -0.05) is 6.07 Å². The minimum absolute atomic E-state index is 0.00506. The number of anilines is 2. The van der Waals surface area contributed by atoms with Gasteiger partial charge in [0.2, 0.25) is 0 Å². The molecule has 2 spiro atoms. The Hall–Kier alpha value is -6.23. The van der Waals surface area contributed by atoms with Crippen molar-refractivity contribution in [3.05, 3.63) is 58.7 Å². The summed E-state index contributed by atoms with van der Waals surface area (Å²) in [5, 5.41) is 21.3. The first-order valence-electron chi connectivity index (χ1n) is 24.9. The Bertz CT molecular complexity index is 2580. The van der Waals surface area contributed by atoms with Gasteiger partial charge in [-0.3, -0.25) is 9.69 Å². The molecule has 6 aliphatic heterocycles. The second-order valence-electron chi connectivity index (χ2n) is 20.4. The van der Waals surface area contributed by atoms with E-state index in [9.17, 15) is 108 Å². The van der Waals surface area contributed by atoms with Gasteiger partial charge in [-0.15, -0.1) is 0 Å². The smallest absolute Gasteiger partial charge is 0.434 e. The maximum absolute atomic E-state index is 13.4. The van der Waals surface area contributed by atoms with Crippen LogP contribution in [0.3, 0.4) is 0 Å². The second kappa shape index (κ2) is 25.2. The Morgan fingerprint density at radius 2 is 0.964 bits per heavy atom. The number of aldehydes is 1. The number of benzene rings is 2. The molecule has 0 aromatic heterocycles. The third kappa shape index (κ3) is 17.0. The first-order chi connectivity index (χ1) is 38.2. The number of halogens is 18. The average Bonchev–Trinajstić information content (AvgIpc) is 3.16. The van der Waals surface area contributed by atoms with Crippen LogP contribution in [0.4, 0.5) is 100.0 Å². The molecule has 2 aromatic rings. The van der Waals surface area contributed by atoms with Gasteiger partial charge in [0.05, 0.1) is 37.4 Å². The number of carboxylic acid groups (broad SMARTS) is 2. The van der Waals surface area contributed by atoms with Gasteiger partial charge in [0.15, 0.2) is 18.5 Å². The van der Waals surface area contributed by atoms with E-state index in [1.807, 2.05) is 4.90 Å². The number of carbonyl (C=O) groups excluding carboxylic acids is 3. The van der Waals surface area contributed by atoms with Gasteiger partial charge in [0.25, 0.3) is 12.2 Å². The molecule has 6 saturated heterocycles. The molecule has 0 radical (unpaired) electrons. The Morgan fingerprint density at radius 3 is 1.33 bits per heavy atom. The Labute approximate surface area is 458 Å². The number of nitrogens with zero attached hydrogens (tertiary/aromatic N) is 5. The third-order valence-electron chi connectivity index (χ3n) is 14.6. The molecule has 0 saturated carbocycles. The molecule has 2 atom stereocenters. The van der Waals surface area contributed by atoms with Crippen LogP contribution in [0.15, 0.2) is 36.4 Å². The standard InChI is InChI=1S/C24H26F9N3O5.C13H12F3NO4.C11H14F6N2O2/c25-22(26,27)15-2-1-14(16(9-15)36-7-8-40-17(11-36)18(37)38)10-34-12-21(13-34)3-5-35(6-4-21)20(39)41-19(23(28,29)30)24(31,32)33;14-13(15,16)9-2-1-8(7-18)10(5-9)17-3-4-21-11(6-17)12(19)20;12-10(13,14)7(11(15,16)17)21-8(20)19-3-1-9(2-4-19)5-18-6-9/h1-2,9,17,19H,3-8,10-13H2,(H,37,38);1-2,5,7,11H,3-4,6H2,(H,19,20);7,18H,1-6H2. The number of amides is 2. The Morgan fingerprint density at radius 1 is 0.578 bits per heavy atom. The van der Waals surface area contributed by atoms with Crippen LogP contribution in [0.25, 0.3) is 0 Å². The van der Waals surface area contributed by atoms with Crippen molar-refractivity contribution in [2.24, 2.45) is 10.8 Å². The minimum Gasteiger partial charge on any atom is -0.479 e. The van der Waals surface area contributed by atoms with Crippen LogP contribution in [-0.4, -0.2) is 196 Å². The van der Waals surface area contributed by atoms with E-state index in [1.54, 1.807) is 0 Å². The van der Waals surface area contributed by atoms with Crippen molar-refractivity contribution >= 4 is 41.8 Å². The number of alkyl halides is 18. The normalized spacial score (nSPS) is 21.5. The predicted molar refractivity (Wildman–Crippen MR) is 247 cm³/mol. The number of morpholine rings is 2. The van der Waals surface area contributed by atoms with Gasteiger partial charge in [-0.05, 0) is 72.4 Å². The summed E-state index contributed by atoms with van der Waals surface area (Å²) in [6.45, 7) is 2.75. The van der Waals surface area contributed by atoms with Crippen molar-refractivity contribution in [3.63, 3.8) is 0 Å². The largest absolute Gasteiger partial charge is 0.479 e. The Kier molecular flexibility index (Phi) is 20.0. The molecule has 6 aliphatic rings. The lowest BCUT2D eigenvalue weighted by molar-refractivity contribution is -0.309. The quantitative estimate of drug-likeness (QED) is 0.160. The second-order valence-corrected chi connectivity index (χ2v) is 20.4. The number of likely N-dealkylation sites (tertiary alicyclic amines) is 3. The lowest BCUT2D eigenvalue weighted by Gasteiger charge is -2.54. The first-order valence-corrected chi connectivity index (χ1v) is 24.9. The van der Waals surface area contributed by atoms with Crippen molar-refractivity contribution in [1.29, 1.82) is 0 Å². The van der Waals surface area contributed by atoms with Gasteiger partial charge >= 0.3 is 61.2 Å². The highest BCUT2D eigenvalue weighted by molar-refractivity contribution is 5.85. The molecule has 466 valence electrons. The number of hydrogen-bond acceptors (Lipinski definition) is 13. The maximum atomic E-state index is 13.4. The fraction of sp³-hybridized carbons (Fsp3) is 0.646. The van der Waals surface area contributed by atoms with Crippen molar-refractivity contribution in [1.82, 2.24) is 20.0 Å². The predicted octanol–water partition coefficient (Wildman–Crippen LogP) is 8.63. The number of carboxylic acids is 2. The molecule has 2 amide bonds. The molecule has 6 heterocycles. The number of piperidine rings is 2. The molecule has 83 heavy (non-hydrogen) atoms. The molecular formula is C48H52F18N6O11. The summed E-state index contributed by atoms with van der Waals surface area (Å²) in [7, 11) is 0. The monoisotopic (exact) mass is 1230 g/mol.